The van der Waals surface area contributed by atoms with E-state index in [0.29, 0.717) is 0 Å². The number of nitrogens with one attached hydrogen (secondary N) is 1. The zero-order valence-electron chi connectivity index (χ0n) is 8.22. The van der Waals surface area contributed by atoms with E-state index < -0.39 is 0 Å². The fourth-order valence-electron chi connectivity index (χ4n) is 1.81. The molecule has 2 atom stereocenters. The third-order valence-corrected chi connectivity index (χ3v) is 10.9. The summed E-state index contributed by atoms with van der Waals surface area (Å²) in [5.74, 6) is 1.88. The molecule has 1 N–H and O–H groups in total. The first-order chi connectivity index (χ1) is 5.11. The van der Waals surface area contributed by atoms with Crippen LogP contribution in [0.5, 0.6) is 0 Å². The van der Waals surface area contributed by atoms with E-state index in [2.05, 4.69) is 32.7 Å². The van der Waals surface area contributed by atoms with E-state index >= 15 is 0 Å². The minimum atomic E-state index is 0.131. The van der Waals surface area contributed by atoms with Crippen molar-refractivity contribution in [3.63, 3.8) is 0 Å². The van der Waals surface area contributed by atoms with Gasteiger partial charge in [0.25, 0.3) is 0 Å². The lowest BCUT2D eigenvalue weighted by molar-refractivity contribution is 0.583. The van der Waals surface area contributed by atoms with Gasteiger partial charge in [0.05, 0.1) is 9.68 Å². The van der Waals surface area contributed by atoms with Crippen molar-refractivity contribution in [2.75, 3.05) is 0 Å². The molecular formula is C8H21NSi2. The third-order valence-electron chi connectivity index (χ3n) is 2.95. The van der Waals surface area contributed by atoms with Crippen LogP contribution in [0, 0.1) is 11.8 Å². The highest BCUT2D eigenvalue weighted by atomic mass is 28.3. The van der Waals surface area contributed by atoms with Crippen molar-refractivity contribution in [1.82, 2.24) is 4.98 Å². The van der Waals surface area contributed by atoms with Crippen LogP contribution in [0.4, 0.5) is 0 Å². The summed E-state index contributed by atoms with van der Waals surface area (Å²) >= 11 is 0. The maximum absolute atomic E-state index is 3.79. The molecule has 3 heteroatoms. The molecule has 0 saturated carbocycles. The highest BCUT2D eigenvalue weighted by Crippen LogP contribution is 2.21. The zero-order valence-corrected chi connectivity index (χ0v) is 11.1. The van der Waals surface area contributed by atoms with Crippen molar-refractivity contribution in [2.45, 2.75) is 38.5 Å². The zero-order chi connectivity index (χ0) is 8.43. The fraction of sp³-hybridized carbons (Fsp3) is 1.00. The van der Waals surface area contributed by atoms with Crippen LogP contribution in [0.1, 0.15) is 27.7 Å². The molecule has 1 fully saturated rings. The van der Waals surface area contributed by atoms with Crippen LogP contribution in [-0.4, -0.2) is 24.9 Å². The predicted octanol–water partition coefficient (Wildman–Crippen LogP) is 0.226. The van der Waals surface area contributed by atoms with Crippen LogP contribution in [0.3, 0.4) is 0 Å². The first kappa shape index (κ1) is 9.48. The molecule has 1 heterocycles. The Morgan fingerprint density at radius 2 is 1.73 bits per heavy atom. The quantitative estimate of drug-likeness (QED) is 0.610. The summed E-state index contributed by atoms with van der Waals surface area (Å²) in [5.41, 5.74) is 0.981. The highest BCUT2D eigenvalue weighted by molar-refractivity contribution is 6.63. The normalized spacial score (nSPS) is 36.5. The first-order valence-corrected chi connectivity index (χ1v) is 8.00. The van der Waals surface area contributed by atoms with Crippen molar-refractivity contribution < 1.29 is 0 Å². The summed E-state index contributed by atoms with van der Waals surface area (Å²) in [6.07, 6.45) is 0. The Morgan fingerprint density at radius 3 is 2.00 bits per heavy atom. The molecule has 1 aliphatic heterocycles. The van der Waals surface area contributed by atoms with Gasteiger partial charge in [0.15, 0.2) is 0 Å². The van der Waals surface area contributed by atoms with Gasteiger partial charge in [0.1, 0.15) is 0 Å². The molecule has 0 spiro atoms. The predicted molar refractivity (Wildman–Crippen MR) is 57.4 cm³/mol. The van der Waals surface area contributed by atoms with Gasteiger partial charge in [0.2, 0.25) is 0 Å². The lowest BCUT2D eigenvalue weighted by atomic mass is 10.2. The summed E-state index contributed by atoms with van der Waals surface area (Å²) in [6.45, 7) is 9.52. The van der Waals surface area contributed by atoms with Gasteiger partial charge in [-0.15, -0.1) is 0 Å². The molecule has 1 saturated heterocycles. The molecule has 0 aromatic rings. The largest absolute Gasteiger partial charge is 0.342 e. The van der Waals surface area contributed by atoms with E-state index in [1.807, 2.05) is 0 Å². The van der Waals surface area contributed by atoms with E-state index in [9.17, 15) is 0 Å². The SMILES string of the molecule is CC(C)C1N[SiH2]C(C(C)C)[SiH2]1. The Kier molecular flexibility index (Phi) is 3.34. The van der Waals surface area contributed by atoms with Crippen LogP contribution >= 0.6 is 0 Å². The van der Waals surface area contributed by atoms with Crippen LogP contribution in [0.15, 0.2) is 0 Å². The average Bonchev–Trinajstić information content (AvgIpc) is 2.33. The molecule has 0 aliphatic carbocycles. The summed E-state index contributed by atoms with van der Waals surface area (Å²) in [7, 11) is 0.358. The van der Waals surface area contributed by atoms with Crippen molar-refractivity contribution >= 4 is 19.2 Å². The van der Waals surface area contributed by atoms with Gasteiger partial charge in [-0.3, -0.25) is 0 Å². The third kappa shape index (κ3) is 2.42. The van der Waals surface area contributed by atoms with Crippen molar-refractivity contribution in [3.05, 3.63) is 0 Å². The number of rotatable bonds is 2. The molecule has 11 heavy (non-hydrogen) atoms. The van der Waals surface area contributed by atoms with Gasteiger partial charge in [-0.2, -0.15) is 0 Å². The summed E-state index contributed by atoms with van der Waals surface area (Å²) in [4.78, 5) is 3.79. The van der Waals surface area contributed by atoms with E-state index in [4.69, 9.17) is 0 Å². The first-order valence-electron chi connectivity index (χ1n) is 4.84. The fourth-order valence-corrected chi connectivity index (χ4v) is 8.51. The molecule has 66 valence electrons. The maximum Gasteiger partial charge on any atom is 0.0918 e. The second kappa shape index (κ2) is 3.87. The van der Waals surface area contributed by atoms with Crippen LogP contribution in [0.2, 0.25) is 5.16 Å². The van der Waals surface area contributed by atoms with Gasteiger partial charge >= 0.3 is 0 Å². The molecule has 1 aliphatic rings. The Morgan fingerprint density at radius 1 is 1.09 bits per heavy atom. The van der Waals surface area contributed by atoms with E-state index in [1.54, 1.807) is 0 Å². The molecule has 2 unspecified atom stereocenters. The molecule has 0 aromatic carbocycles. The lowest BCUT2D eigenvalue weighted by Crippen LogP contribution is -2.31. The van der Waals surface area contributed by atoms with E-state index in [0.717, 1.165) is 17.5 Å². The monoisotopic (exact) mass is 187 g/mol. The van der Waals surface area contributed by atoms with E-state index in [1.165, 1.54) is 5.16 Å². The van der Waals surface area contributed by atoms with Crippen LogP contribution in [-0.2, 0) is 0 Å². The molecule has 1 rings (SSSR count). The van der Waals surface area contributed by atoms with Crippen molar-refractivity contribution in [2.24, 2.45) is 11.8 Å². The smallest absolute Gasteiger partial charge is 0.0918 e. The Labute approximate surface area is 75.1 Å². The molecule has 0 amide bonds. The minimum absolute atomic E-state index is 0.131. The molecule has 0 radical (unpaired) electrons. The molecule has 0 bridgehead atoms. The number of hydrogen-bond acceptors (Lipinski definition) is 1. The summed E-state index contributed by atoms with van der Waals surface area (Å²) < 4.78 is 0. The number of hydrogen-bond donors (Lipinski definition) is 1. The van der Waals surface area contributed by atoms with Gasteiger partial charge in [0, 0.05) is 9.52 Å². The lowest BCUT2D eigenvalue weighted by Gasteiger charge is -2.15. The van der Waals surface area contributed by atoms with Gasteiger partial charge in [-0.1, -0.05) is 27.7 Å². The summed E-state index contributed by atoms with van der Waals surface area (Å²) in [6, 6.07) is 0. The van der Waals surface area contributed by atoms with Crippen molar-refractivity contribution in [1.29, 1.82) is 0 Å². The van der Waals surface area contributed by atoms with Crippen LogP contribution in [0.25, 0.3) is 0 Å². The Balaban J connectivity index is 2.35. The van der Waals surface area contributed by atoms with Gasteiger partial charge < -0.3 is 4.98 Å². The molecular weight excluding hydrogens is 166 g/mol. The second-order valence-corrected chi connectivity index (χ2v) is 9.92. The maximum atomic E-state index is 3.79. The highest BCUT2D eigenvalue weighted by Gasteiger charge is 2.28. The standard InChI is InChI=1S/C8H21NSi2/c1-5(2)7-9-11-8(10-7)6(3)4/h5-9H,10-11H2,1-4H3. The average molecular weight is 187 g/mol. The molecule has 0 aromatic heterocycles. The van der Waals surface area contributed by atoms with Crippen LogP contribution < -0.4 is 4.98 Å². The topological polar surface area (TPSA) is 12.0 Å². The minimum Gasteiger partial charge on any atom is -0.342 e. The van der Waals surface area contributed by atoms with E-state index in [-0.39, 0.29) is 19.2 Å². The van der Waals surface area contributed by atoms with Gasteiger partial charge in [-0.05, 0) is 22.7 Å². The van der Waals surface area contributed by atoms with Gasteiger partial charge in [-0.25, -0.2) is 0 Å². The molecule has 1 nitrogen and oxygen atoms in total. The Bertz CT molecular complexity index is 111. The van der Waals surface area contributed by atoms with Crippen molar-refractivity contribution in [3.8, 4) is 0 Å². The second-order valence-electron chi connectivity index (χ2n) is 4.50. The Hall–Kier alpha value is 0.394. The summed E-state index contributed by atoms with van der Waals surface area (Å²) in [5, 5.41) is 1.20.